The van der Waals surface area contributed by atoms with Crippen molar-refractivity contribution in [3.63, 3.8) is 0 Å². The fourth-order valence-electron chi connectivity index (χ4n) is 4.28. The number of carbonyl (C=O) groups excluding carboxylic acids is 1. The van der Waals surface area contributed by atoms with E-state index in [0.29, 0.717) is 25.1 Å². The second-order valence-electron chi connectivity index (χ2n) is 8.07. The molecule has 0 saturated heterocycles. The van der Waals surface area contributed by atoms with E-state index in [2.05, 4.69) is 10.8 Å². The third-order valence-corrected chi connectivity index (χ3v) is 6.98. The summed E-state index contributed by atoms with van der Waals surface area (Å²) < 4.78 is 28.1. The number of benzene rings is 2. The molecule has 0 atom stereocenters. The Hall–Kier alpha value is -2.60. The molecule has 1 aliphatic heterocycles. The van der Waals surface area contributed by atoms with Gasteiger partial charge >= 0.3 is 0 Å². The van der Waals surface area contributed by atoms with Crippen molar-refractivity contribution in [2.24, 2.45) is 0 Å². The number of nitrogens with zero attached hydrogens (tertiary/aromatic N) is 1. The van der Waals surface area contributed by atoms with Crippen LogP contribution in [0.5, 0.6) is 0 Å². The summed E-state index contributed by atoms with van der Waals surface area (Å²) in [4.78, 5) is 14.0. The lowest BCUT2D eigenvalue weighted by Crippen LogP contribution is -2.35. The monoisotopic (exact) mass is 424 g/mol. The molecule has 5 nitrogen and oxygen atoms in total. The van der Waals surface area contributed by atoms with Crippen LogP contribution in [0.3, 0.4) is 0 Å². The van der Waals surface area contributed by atoms with Crippen molar-refractivity contribution in [1.82, 2.24) is 0 Å². The molecule has 4 rings (SSSR count). The lowest BCUT2D eigenvalue weighted by atomic mass is 10.0. The summed E-state index contributed by atoms with van der Waals surface area (Å²) >= 11 is 0. The largest absolute Gasteiger partial charge is 0.312 e. The van der Waals surface area contributed by atoms with E-state index in [-0.39, 0.29) is 11.7 Å². The molecule has 2 aromatic rings. The smallest absolute Gasteiger partial charge is 0.236 e. The van der Waals surface area contributed by atoms with Gasteiger partial charge in [0, 0.05) is 24.3 Å². The van der Waals surface area contributed by atoms with Crippen LogP contribution in [0, 0.1) is 0 Å². The van der Waals surface area contributed by atoms with Gasteiger partial charge in [0.15, 0.2) is 0 Å². The van der Waals surface area contributed by atoms with Crippen LogP contribution in [0.1, 0.15) is 55.7 Å². The summed E-state index contributed by atoms with van der Waals surface area (Å²) in [6.45, 7) is 2.73. The van der Waals surface area contributed by atoms with Crippen molar-refractivity contribution in [2.45, 2.75) is 51.2 Å². The Balaban J connectivity index is 1.46. The van der Waals surface area contributed by atoms with E-state index in [0.717, 1.165) is 36.1 Å². The van der Waals surface area contributed by atoms with Crippen molar-refractivity contribution < 1.29 is 13.2 Å². The molecule has 0 unspecified atom stereocenters. The summed E-state index contributed by atoms with van der Waals surface area (Å²) in [5.74, 6) is 0.0682. The number of aryl methyl sites for hydroxylation is 1. The molecule has 158 valence electrons. The summed E-state index contributed by atoms with van der Waals surface area (Å²) in [6.07, 6.45) is 7.67. The van der Waals surface area contributed by atoms with Crippen LogP contribution in [0.2, 0.25) is 0 Å². The van der Waals surface area contributed by atoms with Gasteiger partial charge in [-0.15, -0.1) is 0 Å². The zero-order valence-corrected chi connectivity index (χ0v) is 18.2. The van der Waals surface area contributed by atoms with Gasteiger partial charge in [0.2, 0.25) is 15.9 Å². The van der Waals surface area contributed by atoms with Crippen LogP contribution in [0.25, 0.3) is 5.57 Å². The number of fused-ring (bicyclic) bond motifs is 1. The Morgan fingerprint density at radius 3 is 2.53 bits per heavy atom. The maximum Gasteiger partial charge on any atom is 0.236 e. The van der Waals surface area contributed by atoms with Gasteiger partial charge in [-0.05, 0) is 72.6 Å². The molecule has 0 saturated carbocycles. The molecule has 6 heteroatoms. The quantitative estimate of drug-likeness (QED) is 0.688. The van der Waals surface area contributed by atoms with E-state index in [4.69, 9.17) is 0 Å². The average Bonchev–Trinajstić information content (AvgIpc) is 3.25. The number of amides is 1. The number of carbonyl (C=O) groups is 1. The maximum atomic E-state index is 12.7. The molecule has 0 spiro atoms. The van der Waals surface area contributed by atoms with Crippen molar-refractivity contribution in [2.75, 3.05) is 16.2 Å². The van der Waals surface area contributed by atoms with Gasteiger partial charge in [-0.3, -0.25) is 9.52 Å². The first kappa shape index (κ1) is 20.7. The van der Waals surface area contributed by atoms with Crippen LogP contribution in [-0.4, -0.2) is 20.9 Å². The molecule has 0 bridgehead atoms. The van der Waals surface area contributed by atoms with Crippen molar-refractivity contribution in [3.05, 3.63) is 65.2 Å². The minimum atomic E-state index is -3.53. The number of anilines is 2. The van der Waals surface area contributed by atoms with E-state index in [1.165, 1.54) is 17.6 Å². The van der Waals surface area contributed by atoms with E-state index in [9.17, 15) is 13.2 Å². The molecule has 0 aromatic heterocycles. The second-order valence-corrected chi connectivity index (χ2v) is 9.79. The fourth-order valence-corrected chi connectivity index (χ4v) is 5.46. The van der Waals surface area contributed by atoms with Crippen molar-refractivity contribution in [3.8, 4) is 0 Å². The third kappa shape index (κ3) is 4.59. The van der Waals surface area contributed by atoms with Crippen LogP contribution in [0.4, 0.5) is 11.4 Å². The highest BCUT2D eigenvalue weighted by Crippen LogP contribution is 2.31. The second kappa shape index (κ2) is 8.64. The molecule has 0 fully saturated rings. The van der Waals surface area contributed by atoms with Crippen LogP contribution in [0.15, 0.2) is 48.5 Å². The molecule has 0 radical (unpaired) electrons. The summed E-state index contributed by atoms with van der Waals surface area (Å²) in [6, 6.07) is 13.3. The van der Waals surface area contributed by atoms with Crippen molar-refractivity contribution in [1.29, 1.82) is 0 Å². The lowest BCUT2D eigenvalue weighted by molar-refractivity contribution is -0.118. The average molecular weight is 425 g/mol. The van der Waals surface area contributed by atoms with Crippen LogP contribution in [-0.2, 0) is 27.0 Å². The Kier molecular flexibility index (Phi) is 5.95. The Bertz CT molecular complexity index is 1070. The molecule has 1 heterocycles. The molecule has 1 amide bonds. The first-order valence-electron chi connectivity index (χ1n) is 10.7. The Morgan fingerprint density at radius 1 is 1.03 bits per heavy atom. The number of sulfonamides is 1. The summed E-state index contributed by atoms with van der Waals surface area (Å²) in [7, 11) is -3.53. The van der Waals surface area contributed by atoms with Crippen LogP contribution < -0.4 is 9.62 Å². The first-order chi connectivity index (χ1) is 14.4. The van der Waals surface area contributed by atoms with Gasteiger partial charge in [-0.1, -0.05) is 37.3 Å². The summed E-state index contributed by atoms with van der Waals surface area (Å²) in [5, 5.41) is 0. The molecular weight excluding hydrogens is 396 g/mol. The molecule has 30 heavy (non-hydrogen) atoms. The minimum Gasteiger partial charge on any atom is -0.312 e. The predicted molar refractivity (Wildman–Crippen MR) is 122 cm³/mol. The standard InChI is InChI=1S/C24H28N2O3S/c1-2-15-26-23-13-12-22(16-21(23)11-14-24(26)27)25-30(28,29)17-18-7-9-20(10-8-18)19-5-3-4-6-19/h5,7-10,12-13,16,25H,2-4,6,11,14-15,17H2,1H3. The normalized spacial score (nSPS) is 16.4. The van der Waals surface area contributed by atoms with E-state index < -0.39 is 10.0 Å². The van der Waals surface area contributed by atoms with Gasteiger partial charge in [0.25, 0.3) is 0 Å². The highest BCUT2D eigenvalue weighted by atomic mass is 32.2. The zero-order chi connectivity index (χ0) is 21.1. The molecular formula is C24H28N2O3S. The molecule has 1 aliphatic carbocycles. The van der Waals surface area contributed by atoms with Gasteiger partial charge in [0.05, 0.1) is 5.75 Å². The topological polar surface area (TPSA) is 66.5 Å². The fraction of sp³-hybridized carbons (Fsp3) is 0.375. The van der Waals surface area contributed by atoms with Gasteiger partial charge in [-0.2, -0.15) is 0 Å². The molecule has 1 N–H and O–H groups in total. The lowest BCUT2D eigenvalue weighted by Gasteiger charge is -2.29. The van der Waals surface area contributed by atoms with E-state index >= 15 is 0 Å². The van der Waals surface area contributed by atoms with E-state index in [1.807, 2.05) is 43.3 Å². The van der Waals surface area contributed by atoms with Crippen molar-refractivity contribution >= 4 is 32.9 Å². The SMILES string of the molecule is CCCN1C(=O)CCc2cc(NS(=O)(=O)Cc3ccc(C4=CCCC4)cc3)ccc21. The Labute approximate surface area is 178 Å². The number of hydrogen-bond donors (Lipinski definition) is 1. The third-order valence-electron chi connectivity index (χ3n) is 5.72. The number of nitrogens with one attached hydrogen (secondary N) is 1. The van der Waals surface area contributed by atoms with Gasteiger partial charge in [0.1, 0.15) is 0 Å². The Morgan fingerprint density at radius 2 is 1.83 bits per heavy atom. The van der Waals surface area contributed by atoms with Crippen LogP contribution >= 0.6 is 0 Å². The first-order valence-corrected chi connectivity index (χ1v) is 12.3. The molecule has 2 aliphatic rings. The zero-order valence-electron chi connectivity index (χ0n) is 17.4. The molecule has 2 aromatic carbocycles. The minimum absolute atomic E-state index is 0.0656. The maximum absolute atomic E-state index is 12.7. The number of rotatable bonds is 7. The van der Waals surface area contributed by atoms with Gasteiger partial charge in [-0.25, -0.2) is 8.42 Å². The number of allylic oxidation sites excluding steroid dienone is 2. The summed E-state index contributed by atoms with van der Waals surface area (Å²) in [5.41, 5.74) is 5.76. The highest BCUT2D eigenvalue weighted by Gasteiger charge is 2.24. The predicted octanol–water partition coefficient (Wildman–Crippen LogP) is 4.89. The van der Waals surface area contributed by atoms with Gasteiger partial charge < -0.3 is 4.90 Å². The van der Waals surface area contributed by atoms with E-state index in [1.54, 1.807) is 11.0 Å². The number of hydrogen-bond acceptors (Lipinski definition) is 3. The highest BCUT2D eigenvalue weighted by molar-refractivity contribution is 7.91.